The molecule has 2 aliphatic rings. The first kappa shape index (κ1) is 61.8. The normalized spacial score (nSPS) is 13.1. The third-order valence-electron chi connectivity index (χ3n) is 23.0. The fourth-order valence-electron chi connectivity index (χ4n) is 17.5. The second kappa shape index (κ2) is 24.3. The van der Waals surface area contributed by atoms with E-state index in [1.165, 1.54) is 155 Å². The molecule has 0 unspecified atom stereocenters. The van der Waals surface area contributed by atoms with Gasteiger partial charge in [0, 0.05) is 66.4 Å². The highest BCUT2D eigenvalue weighted by Crippen LogP contribution is 2.53. The summed E-state index contributed by atoms with van der Waals surface area (Å²) in [6, 6.07) is 137. The van der Waals surface area contributed by atoms with Crippen molar-refractivity contribution in [2.24, 2.45) is 0 Å². The van der Waals surface area contributed by atoms with Gasteiger partial charge in [-0.15, -0.1) is 0 Å². The van der Waals surface area contributed by atoms with Crippen LogP contribution >= 0.6 is 0 Å². The van der Waals surface area contributed by atoms with Gasteiger partial charge in [-0.3, -0.25) is 0 Å². The number of fused-ring (bicyclic) bond motifs is 12. The Morgan fingerprint density at radius 1 is 0.200 bits per heavy atom. The maximum absolute atomic E-state index is 2.45. The quantitative estimate of drug-likeness (QED) is 0.114. The van der Waals surface area contributed by atoms with Crippen molar-refractivity contribution in [3.8, 4) is 100 Å². The molecule has 3 heteroatoms. The number of hydrogen-bond donors (Lipinski definition) is 0. The van der Waals surface area contributed by atoms with E-state index in [9.17, 15) is 0 Å². The molecule has 0 fully saturated rings. The Morgan fingerprint density at radius 2 is 0.514 bits per heavy atom. The third-order valence-corrected chi connectivity index (χ3v) is 23.0. The smallest absolute Gasteiger partial charge is 0.0620 e. The summed E-state index contributed by atoms with van der Waals surface area (Å²) in [5.74, 6) is 0. The van der Waals surface area contributed by atoms with Gasteiger partial charge >= 0.3 is 0 Å². The van der Waals surface area contributed by atoms with Gasteiger partial charge in [0.2, 0.25) is 0 Å². The zero-order chi connectivity index (χ0) is 70.1. The summed E-state index contributed by atoms with van der Waals surface area (Å²) in [4.78, 5) is 4.80. The molecule has 105 heavy (non-hydrogen) atoms. The van der Waals surface area contributed by atoms with Crippen molar-refractivity contribution < 1.29 is 0 Å². The van der Waals surface area contributed by atoms with Crippen LogP contribution in [-0.2, 0) is 10.8 Å². The van der Waals surface area contributed by atoms with Gasteiger partial charge in [0.1, 0.15) is 0 Å². The minimum atomic E-state index is -0.233. The van der Waals surface area contributed by atoms with Crippen LogP contribution in [0.25, 0.3) is 138 Å². The standard InChI is InChI=1S/C102H73N3/c1-101(2)93-30-15-11-27-85(93)86-57-44-75(63-94(86)101)69-38-53-82(54-39-69)104(97-31-16-12-26-84(97)72-22-9-6-10-23-72)83-55-40-70(41-56-83)76-45-58-87-88-59-46-77(65-96(88)102(3,4)95(87)64-76)74-25-19-24-73(60-74)68-36-49-80(50-37-68)103(79-47-34-67(35-48-79)66-20-7-5-8-21-66)81-51-42-71(43-52-81)78-61-91-89-28-13-17-32-98(89)105-99-33-18-14-29-90(99)92(62-78)100(91)105/h5-65H,1-4H3. The van der Waals surface area contributed by atoms with E-state index < -0.39 is 0 Å². The highest BCUT2D eigenvalue weighted by molar-refractivity contribution is 6.24. The Balaban J connectivity index is 0.582. The zero-order valence-corrected chi connectivity index (χ0v) is 59.1. The van der Waals surface area contributed by atoms with E-state index in [0.29, 0.717) is 0 Å². The molecule has 2 heterocycles. The Labute approximate surface area is 613 Å². The number of benzene rings is 16. The highest BCUT2D eigenvalue weighted by atomic mass is 15.1. The molecule has 0 amide bonds. The van der Waals surface area contributed by atoms with Crippen molar-refractivity contribution in [2.45, 2.75) is 38.5 Å². The molecular formula is C102H73N3. The van der Waals surface area contributed by atoms with Gasteiger partial charge in [0.25, 0.3) is 0 Å². The fraction of sp³-hybridized carbons (Fsp3) is 0.0588. The van der Waals surface area contributed by atoms with Crippen LogP contribution in [0.1, 0.15) is 49.9 Å². The SMILES string of the molecule is CC1(C)c2ccccc2-c2ccc(-c3ccc(N(c4ccc(-c5ccc6c(c5)C(C)(C)c5cc(-c7cccc(-c8ccc(N(c9ccc(-c%10ccccc%10)cc9)c9ccc(-c%10cc%11c%12ccccc%12n%12c%13ccccc%13c(c%10)c%11%12)cc9)cc8)c7)ccc5-6)cc4)c4ccccc4-c4ccccc4)cc3)cc21. The van der Waals surface area contributed by atoms with Crippen LogP contribution in [-0.4, -0.2) is 4.40 Å². The number of hydrogen-bond acceptors (Lipinski definition) is 2. The lowest BCUT2D eigenvalue weighted by molar-refractivity contribution is 0.660. The van der Waals surface area contributed by atoms with Crippen molar-refractivity contribution in [3.63, 3.8) is 0 Å². The van der Waals surface area contributed by atoms with Gasteiger partial charge < -0.3 is 14.2 Å². The Hall–Kier alpha value is -13.1. The number of anilines is 6. The van der Waals surface area contributed by atoms with Gasteiger partial charge in [-0.1, -0.05) is 282 Å². The van der Waals surface area contributed by atoms with Crippen molar-refractivity contribution in [2.75, 3.05) is 9.80 Å². The predicted octanol–water partition coefficient (Wildman–Crippen LogP) is 28.1. The summed E-state index contributed by atoms with van der Waals surface area (Å²) in [6.07, 6.45) is 0. The van der Waals surface area contributed by atoms with Crippen molar-refractivity contribution >= 4 is 72.2 Å². The summed E-state index contributed by atoms with van der Waals surface area (Å²) >= 11 is 0. The molecule has 2 aromatic heterocycles. The van der Waals surface area contributed by atoms with Gasteiger partial charge in [-0.05, 0) is 232 Å². The van der Waals surface area contributed by atoms with E-state index in [0.717, 1.165) is 39.7 Å². The molecule has 0 N–H and O–H groups in total. The van der Waals surface area contributed by atoms with Crippen LogP contribution in [0.4, 0.5) is 34.1 Å². The first-order valence-electron chi connectivity index (χ1n) is 36.7. The largest absolute Gasteiger partial charge is 0.311 e. The second-order valence-corrected chi connectivity index (χ2v) is 29.6. The molecule has 0 spiro atoms. The summed E-state index contributed by atoms with van der Waals surface area (Å²) in [7, 11) is 0. The molecule has 0 saturated heterocycles. The first-order chi connectivity index (χ1) is 51.6. The predicted molar refractivity (Wildman–Crippen MR) is 444 cm³/mol. The Morgan fingerprint density at radius 3 is 1.00 bits per heavy atom. The van der Waals surface area contributed by atoms with Gasteiger partial charge in [0.15, 0.2) is 0 Å². The van der Waals surface area contributed by atoms with E-state index in [2.05, 4.69) is 412 Å². The monoisotopic (exact) mass is 1340 g/mol. The minimum absolute atomic E-state index is 0.0687. The summed E-state index contributed by atoms with van der Waals surface area (Å²) in [5.41, 5.74) is 37.5. The van der Waals surface area contributed by atoms with Crippen LogP contribution < -0.4 is 9.80 Å². The number of aromatic nitrogens is 1. The van der Waals surface area contributed by atoms with Crippen LogP contribution in [0.2, 0.25) is 0 Å². The Kier molecular flexibility index (Phi) is 14.3. The molecule has 0 aliphatic heterocycles. The van der Waals surface area contributed by atoms with Gasteiger partial charge in [-0.2, -0.15) is 0 Å². The summed E-state index contributed by atoms with van der Waals surface area (Å²) in [6.45, 7) is 9.50. The molecule has 16 aromatic carbocycles. The fourth-order valence-corrected chi connectivity index (χ4v) is 17.5. The van der Waals surface area contributed by atoms with E-state index in [1.54, 1.807) is 0 Å². The van der Waals surface area contributed by atoms with Crippen LogP contribution in [0.15, 0.2) is 370 Å². The molecule has 0 saturated carbocycles. The summed E-state index contributed by atoms with van der Waals surface area (Å²) < 4.78 is 2.45. The molecule has 0 radical (unpaired) electrons. The lowest BCUT2D eigenvalue weighted by Crippen LogP contribution is -2.15. The van der Waals surface area contributed by atoms with E-state index in [1.807, 2.05) is 0 Å². The molecule has 3 nitrogen and oxygen atoms in total. The van der Waals surface area contributed by atoms with E-state index in [-0.39, 0.29) is 10.8 Å². The highest BCUT2D eigenvalue weighted by Gasteiger charge is 2.37. The molecule has 0 bridgehead atoms. The first-order valence-corrected chi connectivity index (χ1v) is 36.7. The molecule has 18 aromatic rings. The number of para-hydroxylation sites is 3. The van der Waals surface area contributed by atoms with Crippen LogP contribution in [0.5, 0.6) is 0 Å². The molecular weight excluding hydrogens is 1270 g/mol. The summed E-state index contributed by atoms with van der Waals surface area (Å²) in [5, 5.41) is 5.13. The minimum Gasteiger partial charge on any atom is -0.311 e. The Bertz CT molecular complexity index is 6320. The van der Waals surface area contributed by atoms with Crippen LogP contribution in [0.3, 0.4) is 0 Å². The molecule has 20 rings (SSSR count). The average Bonchev–Trinajstić information content (AvgIpc) is 1.55. The number of rotatable bonds is 13. The van der Waals surface area contributed by atoms with Gasteiger partial charge in [-0.25, -0.2) is 0 Å². The maximum Gasteiger partial charge on any atom is 0.0620 e. The van der Waals surface area contributed by atoms with Gasteiger partial charge in [0.05, 0.1) is 22.2 Å². The van der Waals surface area contributed by atoms with E-state index >= 15 is 0 Å². The third kappa shape index (κ3) is 10.2. The van der Waals surface area contributed by atoms with Crippen molar-refractivity contribution in [1.29, 1.82) is 0 Å². The lowest BCUT2D eigenvalue weighted by atomic mass is 9.80. The second-order valence-electron chi connectivity index (χ2n) is 29.6. The molecule has 496 valence electrons. The lowest BCUT2D eigenvalue weighted by Gasteiger charge is -2.28. The van der Waals surface area contributed by atoms with Crippen molar-refractivity contribution in [1.82, 2.24) is 4.40 Å². The average molecular weight is 1340 g/mol. The maximum atomic E-state index is 2.45. The molecule has 2 aliphatic carbocycles. The van der Waals surface area contributed by atoms with Crippen LogP contribution in [0, 0.1) is 0 Å². The topological polar surface area (TPSA) is 10.9 Å². The number of nitrogens with zero attached hydrogens (tertiary/aromatic N) is 3. The molecule has 0 atom stereocenters. The van der Waals surface area contributed by atoms with E-state index in [4.69, 9.17) is 0 Å². The zero-order valence-electron chi connectivity index (χ0n) is 59.1. The van der Waals surface area contributed by atoms with Crippen molar-refractivity contribution in [3.05, 3.63) is 392 Å².